The zero-order valence-corrected chi connectivity index (χ0v) is 7.21. The van der Waals surface area contributed by atoms with E-state index in [1.807, 2.05) is 13.8 Å². The SMILES string of the molecule is CCC(C=CC=O)(CC)CO. The summed E-state index contributed by atoms with van der Waals surface area (Å²) in [6.07, 6.45) is 5.73. The van der Waals surface area contributed by atoms with Gasteiger partial charge in [0, 0.05) is 5.41 Å². The number of aliphatic hydroxyl groups is 1. The van der Waals surface area contributed by atoms with E-state index in [1.165, 1.54) is 6.08 Å². The predicted octanol–water partition coefficient (Wildman–Crippen LogP) is 1.54. The van der Waals surface area contributed by atoms with Crippen molar-refractivity contribution in [1.82, 2.24) is 0 Å². The Bertz CT molecular complexity index is 126. The second-order valence-electron chi connectivity index (χ2n) is 2.72. The van der Waals surface area contributed by atoms with Gasteiger partial charge in [-0.25, -0.2) is 0 Å². The molecule has 0 fully saturated rings. The summed E-state index contributed by atoms with van der Waals surface area (Å²) in [6.45, 7) is 4.13. The van der Waals surface area contributed by atoms with Crippen LogP contribution in [0.15, 0.2) is 12.2 Å². The first kappa shape index (κ1) is 10.4. The van der Waals surface area contributed by atoms with Crippen molar-refractivity contribution in [3.8, 4) is 0 Å². The number of aldehydes is 1. The van der Waals surface area contributed by atoms with Gasteiger partial charge in [-0.1, -0.05) is 19.9 Å². The molecule has 0 aromatic rings. The molecule has 0 aliphatic heterocycles. The van der Waals surface area contributed by atoms with Gasteiger partial charge in [0.15, 0.2) is 0 Å². The topological polar surface area (TPSA) is 37.3 Å². The molecule has 0 aliphatic rings. The molecular formula is C9H16O2. The van der Waals surface area contributed by atoms with Gasteiger partial charge in [0.1, 0.15) is 6.29 Å². The van der Waals surface area contributed by atoms with Crippen molar-refractivity contribution in [2.45, 2.75) is 26.7 Å². The van der Waals surface area contributed by atoms with Crippen LogP contribution in [0.4, 0.5) is 0 Å². The van der Waals surface area contributed by atoms with Crippen LogP contribution in [-0.2, 0) is 4.79 Å². The molecule has 0 radical (unpaired) electrons. The average Bonchev–Trinajstić information content (AvgIpc) is 2.08. The van der Waals surface area contributed by atoms with E-state index in [2.05, 4.69) is 0 Å². The van der Waals surface area contributed by atoms with Crippen LogP contribution in [0.3, 0.4) is 0 Å². The molecule has 0 atom stereocenters. The molecule has 0 aromatic heterocycles. The fourth-order valence-corrected chi connectivity index (χ4v) is 1.01. The van der Waals surface area contributed by atoms with Crippen LogP contribution in [0, 0.1) is 5.41 Å². The zero-order chi connectivity index (χ0) is 8.74. The molecule has 0 saturated carbocycles. The van der Waals surface area contributed by atoms with E-state index in [9.17, 15) is 4.79 Å². The first-order valence-electron chi connectivity index (χ1n) is 3.98. The predicted molar refractivity (Wildman–Crippen MR) is 45.3 cm³/mol. The summed E-state index contributed by atoms with van der Waals surface area (Å²) >= 11 is 0. The number of rotatable bonds is 5. The highest BCUT2D eigenvalue weighted by atomic mass is 16.3. The van der Waals surface area contributed by atoms with E-state index in [-0.39, 0.29) is 12.0 Å². The highest BCUT2D eigenvalue weighted by Crippen LogP contribution is 2.26. The van der Waals surface area contributed by atoms with E-state index < -0.39 is 0 Å². The first-order chi connectivity index (χ1) is 5.24. The van der Waals surface area contributed by atoms with Crippen molar-refractivity contribution < 1.29 is 9.90 Å². The van der Waals surface area contributed by atoms with Crippen molar-refractivity contribution in [2.24, 2.45) is 5.41 Å². The van der Waals surface area contributed by atoms with E-state index in [0.717, 1.165) is 19.1 Å². The molecule has 64 valence electrons. The van der Waals surface area contributed by atoms with Crippen LogP contribution in [0.25, 0.3) is 0 Å². The normalized spacial score (nSPS) is 12.3. The Kier molecular flexibility index (Phi) is 4.79. The molecule has 0 rings (SSSR count). The van der Waals surface area contributed by atoms with Gasteiger partial charge in [-0.05, 0) is 18.9 Å². The molecule has 0 bridgehead atoms. The Labute approximate surface area is 67.9 Å². The lowest BCUT2D eigenvalue weighted by Crippen LogP contribution is -2.20. The highest BCUT2D eigenvalue weighted by Gasteiger charge is 2.20. The molecule has 0 aliphatic carbocycles. The quantitative estimate of drug-likeness (QED) is 0.484. The summed E-state index contributed by atoms with van der Waals surface area (Å²) in [4.78, 5) is 10.0. The smallest absolute Gasteiger partial charge is 0.142 e. The molecule has 1 N–H and O–H groups in total. The van der Waals surface area contributed by atoms with Gasteiger partial charge < -0.3 is 5.11 Å². The minimum Gasteiger partial charge on any atom is -0.395 e. The summed E-state index contributed by atoms with van der Waals surface area (Å²) in [5.74, 6) is 0. The minimum absolute atomic E-state index is 0.115. The molecule has 0 heterocycles. The summed E-state index contributed by atoms with van der Waals surface area (Å²) in [6, 6.07) is 0. The maximum absolute atomic E-state index is 10.0. The fraction of sp³-hybridized carbons (Fsp3) is 0.667. The third-order valence-electron chi connectivity index (χ3n) is 2.25. The molecule has 0 aromatic carbocycles. The van der Waals surface area contributed by atoms with Crippen LogP contribution >= 0.6 is 0 Å². The third-order valence-corrected chi connectivity index (χ3v) is 2.25. The third kappa shape index (κ3) is 2.85. The summed E-state index contributed by atoms with van der Waals surface area (Å²) in [5, 5.41) is 9.04. The Hall–Kier alpha value is -0.630. The second kappa shape index (κ2) is 5.08. The maximum atomic E-state index is 10.0. The van der Waals surface area contributed by atoms with Gasteiger partial charge in [-0.2, -0.15) is 0 Å². The van der Waals surface area contributed by atoms with Crippen molar-refractivity contribution in [1.29, 1.82) is 0 Å². The molecule has 2 nitrogen and oxygen atoms in total. The number of hydrogen-bond acceptors (Lipinski definition) is 2. The van der Waals surface area contributed by atoms with Crippen molar-refractivity contribution >= 4 is 6.29 Å². The molecule has 11 heavy (non-hydrogen) atoms. The lowest BCUT2D eigenvalue weighted by molar-refractivity contribution is -0.104. The maximum Gasteiger partial charge on any atom is 0.142 e. The monoisotopic (exact) mass is 156 g/mol. The lowest BCUT2D eigenvalue weighted by atomic mass is 9.83. The largest absolute Gasteiger partial charge is 0.395 e. The van der Waals surface area contributed by atoms with Gasteiger partial charge >= 0.3 is 0 Å². The Balaban J connectivity index is 4.27. The number of allylic oxidation sites excluding steroid dienone is 1. The zero-order valence-electron chi connectivity index (χ0n) is 7.21. The Morgan fingerprint density at radius 1 is 1.36 bits per heavy atom. The van der Waals surface area contributed by atoms with Crippen LogP contribution in [0.1, 0.15) is 26.7 Å². The van der Waals surface area contributed by atoms with Gasteiger partial charge in [-0.15, -0.1) is 0 Å². The summed E-state index contributed by atoms with van der Waals surface area (Å²) in [7, 11) is 0. The van der Waals surface area contributed by atoms with Gasteiger partial charge in [0.05, 0.1) is 6.61 Å². The molecular weight excluding hydrogens is 140 g/mol. The van der Waals surface area contributed by atoms with Gasteiger partial charge in [-0.3, -0.25) is 4.79 Å². The Morgan fingerprint density at radius 2 is 1.91 bits per heavy atom. The Morgan fingerprint density at radius 3 is 2.18 bits per heavy atom. The number of hydrogen-bond donors (Lipinski definition) is 1. The number of carbonyl (C=O) groups is 1. The van der Waals surface area contributed by atoms with Crippen LogP contribution < -0.4 is 0 Å². The van der Waals surface area contributed by atoms with E-state index >= 15 is 0 Å². The average molecular weight is 156 g/mol. The van der Waals surface area contributed by atoms with Gasteiger partial charge in [0.2, 0.25) is 0 Å². The van der Waals surface area contributed by atoms with E-state index in [0.29, 0.717) is 0 Å². The van der Waals surface area contributed by atoms with Crippen LogP contribution in [-0.4, -0.2) is 18.0 Å². The van der Waals surface area contributed by atoms with Crippen molar-refractivity contribution in [3.63, 3.8) is 0 Å². The van der Waals surface area contributed by atoms with Crippen molar-refractivity contribution in [2.75, 3.05) is 6.61 Å². The number of aliphatic hydroxyl groups excluding tert-OH is 1. The van der Waals surface area contributed by atoms with E-state index in [4.69, 9.17) is 5.11 Å². The second-order valence-corrected chi connectivity index (χ2v) is 2.72. The van der Waals surface area contributed by atoms with Crippen molar-refractivity contribution in [3.05, 3.63) is 12.2 Å². The molecule has 0 saturated heterocycles. The summed E-state index contributed by atoms with van der Waals surface area (Å²) in [5.41, 5.74) is -0.180. The van der Waals surface area contributed by atoms with Crippen LogP contribution in [0.5, 0.6) is 0 Å². The molecule has 0 unspecified atom stereocenters. The molecule has 0 spiro atoms. The summed E-state index contributed by atoms with van der Waals surface area (Å²) < 4.78 is 0. The first-order valence-corrected chi connectivity index (χ1v) is 3.98. The highest BCUT2D eigenvalue weighted by molar-refractivity contribution is 5.64. The van der Waals surface area contributed by atoms with Crippen LogP contribution in [0.2, 0.25) is 0 Å². The molecule has 2 heteroatoms. The number of carbonyl (C=O) groups excluding carboxylic acids is 1. The molecule has 0 amide bonds. The minimum atomic E-state index is -0.180. The standard InChI is InChI=1S/C9H16O2/c1-3-9(4-2,8-11)6-5-7-10/h5-7,11H,3-4,8H2,1-2H3. The van der Waals surface area contributed by atoms with Gasteiger partial charge in [0.25, 0.3) is 0 Å². The fourth-order valence-electron chi connectivity index (χ4n) is 1.01. The van der Waals surface area contributed by atoms with E-state index in [1.54, 1.807) is 6.08 Å². The lowest BCUT2D eigenvalue weighted by Gasteiger charge is -2.24.